The summed E-state index contributed by atoms with van der Waals surface area (Å²) in [5.41, 5.74) is 0.823. The number of para-hydroxylation sites is 1. The lowest BCUT2D eigenvalue weighted by Crippen LogP contribution is -2.14. The maximum absolute atomic E-state index is 12.0. The second-order valence-electron chi connectivity index (χ2n) is 3.76. The molecule has 6 heteroatoms. The number of aromatic nitrogens is 1. The fourth-order valence-electron chi connectivity index (χ4n) is 1.48. The number of benzene rings is 1. The van der Waals surface area contributed by atoms with E-state index in [1.54, 1.807) is 19.1 Å². The number of nitrogens with one attached hydrogen (secondary N) is 1. The molecular weight excluding hydrogens is 252 g/mol. The van der Waals surface area contributed by atoms with Crippen molar-refractivity contribution < 1.29 is 13.5 Å². The molecule has 2 N–H and O–H groups in total. The number of aryl methyl sites for hydroxylation is 1. The van der Waals surface area contributed by atoms with Crippen LogP contribution in [0.25, 0.3) is 0 Å². The van der Waals surface area contributed by atoms with Crippen molar-refractivity contribution in [3.8, 4) is 5.75 Å². The molecule has 94 valence electrons. The quantitative estimate of drug-likeness (QED) is 0.830. The minimum Gasteiger partial charge on any atom is -0.506 e. The van der Waals surface area contributed by atoms with Crippen LogP contribution in [0.1, 0.15) is 5.56 Å². The summed E-state index contributed by atoms with van der Waals surface area (Å²) in [6.45, 7) is 1.71. The molecule has 0 bridgehead atoms. The van der Waals surface area contributed by atoms with Crippen molar-refractivity contribution in [2.45, 2.75) is 11.8 Å². The number of aromatic hydroxyl groups is 1. The molecule has 0 amide bonds. The van der Waals surface area contributed by atoms with Gasteiger partial charge >= 0.3 is 0 Å². The minimum absolute atomic E-state index is 0.0488. The van der Waals surface area contributed by atoms with Crippen LogP contribution >= 0.6 is 0 Å². The molecule has 0 aliphatic heterocycles. The second kappa shape index (κ2) is 4.66. The van der Waals surface area contributed by atoms with E-state index in [0.29, 0.717) is 5.56 Å². The first kappa shape index (κ1) is 12.4. The molecule has 0 atom stereocenters. The van der Waals surface area contributed by atoms with E-state index >= 15 is 0 Å². The molecule has 0 radical (unpaired) electrons. The summed E-state index contributed by atoms with van der Waals surface area (Å²) in [6.07, 6.45) is 2.74. The first-order valence-corrected chi connectivity index (χ1v) is 6.70. The van der Waals surface area contributed by atoms with E-state index in [9.17, 15) is 13.5 Å². The van der Waals surface area contributed by atoms with Gasteiger partial charge in [0.05, 0.1) is 5.69 Å². The summed E-state index contributed by atoms with van der Waals surface area (Å²) in [5, 5.41) is 9.66. The lowest BCUT2D eigenvalue weighted by atomic mass is 10.2. The Kier molecular flexibility index (Phi) is 3.20. The van der Waals surface area contributed by atoms with Gasteiger partial charge in [0.25, 0.3) is 10.0 Å². The normalized spacial score (nSPS) is 11.2. The molecule has 0 unspecified atom stereocenters. The summed E-state index contributed by atoms with van der Waals surface area (Å²) in [7, 11) is -3.73. The highest BCUT2D eigenvalue weighted by atomic mass is 32.2. The van der Waals surface area contributed by atoms with E-state index in [1.165, 1.54) is 30.6 Å². The summed E-state index contributed by atoms with van der Waals surface area (Å²) in [6, 6.07) is 7.75. The lowest BCUT2D eigenvalue weighted by molar-refractivity contribution is 0.477. The third kappa shape index (κ3) is 2.43. The minimum atomic E-state index is -3.73. The van der Waals surface area contributed by atoms with Crippen LogP contribution in [0.15, 0.2) is 47.6 Å². The van der Waals surface area contributed by atoms with Gasteiger partial charge in [0.1, 0.15) is 10.6 Å². The van der Waals surface area contributed by atoms with Gasteiger partial charge in [-0.3, -0.25) is 9.71 Å². The van der Waals surface area contributed by atoms with Gasteiger partial charge in [-0.05, 0) is 30.7 Å². The molecule has 1 aromatic carbocycles. The third-order valence-corrected chi connectivity index (χ3v) is 3.77. The maximum atomic E-state index is 12.0. The Labute approximate surface area is 105 Å². The van der Waals surface area contributed by atoms with E-state index in [1.807, 2.05) is 0 Å². The number of rotatable bonds is 3. The predicted octanol–water partition coefficient (Wildman–Crippen LogP) is 1.90. The van der Waals surface area contributed by atoms with Crippen molar-refractivity contribution in [2.24, 2.45) is 0 Å². The van der Waals surface area contributed by atoms with Crippen LogP contribution in [-0.2, 0) is 10.0 Å². The van der Waals surface area contributed by atoms with Gasteiger partial charge in [-0.15, -0.1) is 0 Å². The zero-order valence-electron chi connectivity index (χ0n) is 9.66. The van der Waals surface area contributed by atoms with Crippen LogP contribution in [0.2, 0.25) is 0 Å². The fraction of sp³-hybridized carbons (Fsp3) is 0.0833. The Morgan fingerprint density at radius 3 is 2.61 bits per heavy atom. The van der Waals surface area contributed by atoms with Crippen LogP contribution in [0.4, 0.5) is 5.69 Å². The largest absolute Gasteiger partial charge is 0.506 e. The molecule has 18 heavy (non-hydrogen) atoms. The Balaban J connectivity index is 2.41. The summed E-state index contributed by atoms with van der Waals surface area (Å²) in [5.74, 6) is -0.109. The van der Waals surface area contributed by atoms with Crippen LogP contribution in [0.5, 0.6) is 5.75 Å². The van der Waals surface area contributed by atoms with Gasteiger partial charge in [0.2, 0.25) is 0 Å². The number of phenolic OH excluding ortho intramolecular Hbond substituents is 1. The van der Waals surface area contributed by atoms with Gasteiger partial charge in [-0.2, -0.15) is 0 Å². The second-order valence-corrected chi connectivity index (χ2v) is 5.45. The molecule has 0 aliphatic rings. The van der Waals surface area contributed by atoms with Crippen molar-refractivity contribution in [1.82, 2.24) is 4.98 Å². The zero-order chi connectivity index (χ0) is 13.2. The van der Waals surface area contributed by atoms with Crippen LogP contribution in [0.3, 0.4) is 0 Å². The number of hydrogen-bond acceptors (Lipinski definition) is 4. The molecule has 0 saturated heterocycles. The van der Waals surface area contributed by atoms with Gasteiger partial charge in [-0.25, -0.2) is 8.42 Å². The Morgan fingerprint density at radius 1 is 1.22 bits per heavy atom. The van der Waals surface area contributed by atoms with Crippen LogP contribution < -0.4 is 4.72 Å². The molecule has 5 nitrogen and oxygen atoms in total. The van der Waals surface area contributed by atoms with Crippen molar-refractivity contribution in [1.29, 1.82) is 0 Å². The summed E-state index contributed by atoms with van der Waals surface area (Å²) < 4.78 is 26.4. The molecule has 0 spiro atoms. The highest BCUT2D eigenvalue weighted by Gasteiger charge is 2.17. The molecule has 2 aromatic rings. The monoisotopic (exact) mass is 264 g/mol. The summed E-state index contributed by atoms with van der Waals surface area (Å²) >= 11 is 0. The Bertz CT molecular complexity index is 634. The first-order valence-electron chi connectivity index (χ1n) is 5.22. The molecule has 0 fully saturated rings. The van der Waals surface area contributed by atoms with Crippen molar-refractivity contribution in [3.63, 3.8) is 0 Å². The SMILES string of the molecule is Cc1cccc(O)c1NS(=O)(=O)c1cccnc1. The number of sulfonamides is 1. The van der Waals surface area contributed by atoms with E-state index in [0.717, 1.165) is 0 Å². The molecular formula is C12H12N2O3S. The van der Waals surface area contributed by atoms with E-state index in [4.69, 9.17) is 0 Å². The topological polar surface area (TPSA) is 79.3 Å². The molecule has 1 heterocycles. The number of anilines is 1. The van der Waals surface area contributed by atoms with Crippen molar-refractivity contribution >= 4 is 15.7 Å². The lowest BCUT2D eigenvalue weighted by Gasteiger charge is -2.11. The van der Waals surface area contributed by atoms with Crippen molar-refractivity contribution in [2.75, 3.05) is 4.72 Å². The number of pyridine rings is 1. The first-order chi connectivity index (χ1) is 8.50. The van der Waals surface area contributed by atoms with Crippen molar-refractivity contribution in [3.05, 3.63) is 48.3 Å². The molecule has 1 aromatic heterocycles. The average molecular weight is 264 g/mol. The highest BCUT2D eigenvalue weighted by Crippen LogP contribution is 2.28. The summed E-state index contributed by atoms with van der Waals surface area (Å²) in [4.78, 5) is 3.80. The smallest absolute Gasteiger partial charge is 0.263 e. The number of hydrogen-bond donors (Lipinski definition) is 2. The van der Waals surface area contributed by atoms with Gasteiger partial charge in [0, 0.05) is 12.4 Å². The molecule has 2 rings (SSSR count). The van der Waals surface area contributed by atoms with E-state index in [-0.39, 0.29) is 16.3 Å². The predicted molar refractivity (Wildman–Crippen MR) is 67.9 cm³/mol. The van der Waals surface area contributed by atoms with Gasteiger partial charge in [0.15, 0.2) is 0 Å². The molecule has 0 saturated carbocycles. The average Bonchev–Trinajstić information content (AvgIpc) is 2.35. The standard InChI is InChI=1S/C12H12N2O3S/c1-9-4-2-6-11(15)12(9)14-18(16,17)10-5-3-7-13-8-10/h2-8,14-15H,1H3. The zero-order valence-corrected chi connectivity index (χ0v) is 10.5. The Hall–Kier alpha value is -2.08. The molecule has 0 aliphatic carbocycles. The van der Waals surface area contributed by atoms with Crippen LogP contribution in [-0.4, -0.2) is 18.5 Å². The maximum Gasteiger partial charge on any atom is 0.263 e. The third-order valence-electron chi connectivity index (χ3n) is 2.43. The number of phenols is 1. The Morgan fingerprint density at radius 2 is 2.00 bits per heavy atom. The van der Waals surface area contributed by atoms with Crippen LogP contribution in [0, 0.1) is 6.92 Å². The van der Waals surface area contributed by atoms with Gasteiger partial charge in [-0.1, -0.05) is 12.1 Å². The van der Waals surface area contributed by atoms with Gasteiger partial charge < -0.3 is 5.11 Å². The highest BCUT2D eigenvalue weighted by molar-refractivity contribution is 7.92. The van der Waals surface area contributed by atoms with E-state index in [2.05, 4.69) is 9.71 Å². The fourth-order valence-corrected chi connectivity index (χ4v) is 2.59. The number of nitrogens with zero attached hydrogens (tertiary/aromatic N) is 1. The van der Waals surface area contributed by atoms with E-state index < -0.39 is 10.0 Å².